The topological polar surface area (TPSA) is 69.4 Å². The molecule has 0 aliphatic carbocycles. The Morgan fingerprint density at radius 2 is 2.30 bits per heavy atom. The van der Waals surface area contributed by atoms with E-state index in [1.54, 1.807) is 6.92 Å². The lowest BCUT2D eigenvalue weighted by Crippen LogP contribution is -2.22. The molecule has 0 amide bonds. The Morgan fingerprint density at radius 1 is 1.80 bits per heavy atom. The summed E-state index contributed by atoms with van der Waals surface area (Å²) >= 11 is 0. The van der Waals surface area contributed by atoms with Crippen LogP contribution in [0.1, 0.15) is 6.92 Å². The largest absolute Gasteiger partial charge is 0.469 e. The SMILES string of the molecule is COC(=O)C(C)CS(N)=O. The highest BCUT2D eigenvalue weighted by atomic mass is 32.2. The maximum absolute atomic E-state index is 10.6. The van der Waals surface area contributed by atoms with E-state index < -0.39 is 11.0 Å². The predicted octanol–water partition coefficient (Wildman–Crippen LogP) is -0.582. The van der Waals surface area contributed by atoms with Gasteiger partial charge < -0.3 is 4.74 Å². The molecule has 0 spiro atoms. The van der Waals surface area contributed by atoms with Crippen LogP contribution in [-0.2, 0) is 20.5 Å². The number of hydrogen-bond acceptors (Lipinski definition) is 3. The first-order chi connectivity index (χ1) is 4.57. The van der Waals surface area contributed by atoms with E-state index in [0.29, 0.717) is 0 Å². The van der Waals surface area contributed by atoms with E-state index in [-0.39, 0.29) is 17.6 Å². The van der Waals surface area contributed by atoms with Crippen molar-refractivity contribution in [1.82, 2.24) is 0 Å². The minimum Gasteiger partial charge on any atom is -0.469 e. The molecule has 0 saturated carbocycles. The van der Waals surface area contributed by atoms with Gasteiger partial charge in [-0.25, -0.2) is 4.21 Å². The molecule has 2 unspecified atom stereocenters. The highest BCUT2D eigenvalue weighted by Gasteiger charge is 2.14. The van der Waals surface area contributed by atoms with Gasteiger partial charge in [-0.2, -0.15) is 0 Å². The predicted molar refractivity (Wildman–Crippen MR) is 38.4 cm³/mol. The van der Waals surface area contributed by atoms with Crippen LogP contribution in [0.15, 0.2) is 0 Å². The van der Waals surface area contributed by atoms with Crippen molar-refractivity contribution in [2.75, 3.05) is 12.9 Å². The average Bonchev–Trinajstić information content (AvgIpc) is 1.85. The molecule has 0 radical (unpaired) electrons. The average molecular weight is 165 g/mol. The summed E-state index contributed by atoms with van der Waals surface area (Å²) in [5.41, 5.74) is 0. The van der Waals surface area contributed by atoms with Gasteiger partial charge in [0.2, 0.25) is 0 Å². The Bertz CT molecular complexity index is 148. The first-order valence-corrected chi connectivity index (χ1v) is 4.16. The van der Waals surface area contributed by atoms with Crippen molar-refractivity contribution in [2.24, 2.45) is 11.1 Å². The second-order valence-corrected chi connectivity index (χ2v) is 3.07. The number of ether oxygens (including phenoxy) is 1. The molecule has 0 bridgehead atoms. The molecule has 0 aromatic carbocycles. The van der Waals surface area contributed by atoms with Crippen molar-refractivity contribution in [1.29, 1.82) is 0 Å². The van der Waals surface area contributed by atoms with Gasteiger partial charge in [0.05, 0.1) is 29.8 Å². The molecular formula is C5H11NO3S. The van der Waals surface area contributed by atoms with Crippen molar-refractivity contribution >= 4 is 17.0 Å². The smallest absolute Gasteiger partial charge is 0.309 e. The summed E-state index contributed by atoms with van der Waals surface area (Å²) in [6.45, 7) is 1.62. The number of methoxy groups -OCH3 is 1. The maximum Gasteiger partial charge on any atom is 0.309 e. The molecule has 4 nitrogen and oxygen atoms in total. The third-order valence-electron chi connectivity index (χ3n) is 1.02. The molecule has 5 heteroatoms. The first kappa shape index (κ1) is 9.58. The Kier molecular flexibility index (Phi) is 4.22. The van der Waals surface area contributed by atoms with Crippen LogP contribution in [0.3, 0.4) is 0 Å². The number of rotatable bonds is 3. The Morgan fingerprint density at radius 3 is 2.60 bits per heavy atom. The second-order valence-electron chi connectivity index (χ2n) is 1.97. The number of esters is 1. The third kappa shape index (κ3) is 3.58. The number of carbonyl (C=O) groups is 1. The maximum atomic E-state index is 10.6. The fourth-order valence-corrected chi connectivity index (χ4v) is 1.14. The number of carbonyl (C=O) groups excluding carboxylic acids is 1. The normalized spacial score (nSPS) is 15.9. The summed E-state index contributed by atoms with van der Waals surface area (Å²) in [6, 6.07) is 0. The van der Waals surface area contributed by atoms with Gasteiger partial charge in [-0.15, -0.1) is 0 Å². The molecule has 0 aliphatic rings. The zero-order chi connectivity index (χ0) is 8.15. The van der Waals surface area contributed by atoms with E-state index in [9.17, 15) is 9.00 Å². The Labute approximate surface area is 62.3 Å². The van der Waals surface area contributed by atoms with Gasteiger partial charge >= 0.3 is 5.97 Å². The van der Waals surface area contributed by atoms with Gasteiger partial charge in [0.1, 0.15) is 0 Å². The molecule has 0 fully saturated rings. The molecule has 2 atom stereocenters. The van der Waals surface area contributed by atoms with Gasteiger partial charge in [-0.1, -0.05) is 6.92 Å². The van der Waals surface area contributed by atoms with Gasteiger partial charge in [0, 0.05) is 0 Å². The highest BCUT2D eigenvalue weighted by molar-refractivity contribution is 7.82. The zero-order valence-corrected chi connectivity index (χ0v) is 6.81. The lowest BCUT2D eigenvalue weighted by molar-refractivity contribution is -0.144. The lowest BCUT2D eigenvalue weighted by Gasteiger charge is -2.04. The van der Waals surface area contributed by atoms with Crippen molar-refractivity contribution in [2.45, 2.75) is 6.92 Å². The quantitative estimate of drug-likeness (QED) is 0.569. The van der Waals surface area contributed by atoms with Gasteiger partial charge in [-0.3, -0.25) is 9.93 Å². The van der Waals surface area contributed by atoms with Crippen LogP contribution >= 0.6 is 0 Å². The van der Waals surface area contributed by atoms with Crippen LogP contribution in [-0.4, -0.2) is 23.0 Å². The van der Waals surface area contributed by atoms with Crippen molar-refractivity contribution in [3.63, 3.8) is 0 Å². The van der Waals surface area contributed by atoms with Gasteiger partial charge in [0.15, 0.2) is 0 Å². The molecule has 2 N–H and O–H groups in total. The number of hydrogen-bond donors (Lipinski definition) is 1. The molecule has 0 aromatic heterocycles. The van der Waals surface area contributed by atoms with E-state index in [2.05, 4.69) is 4.74 Å². The first-order valence-electron chi connectivity index (χ1n) is 2.78. The Hall–Kier alpha value is -0.420. The van der Waals surface area contributed by atoms with Crippen LogP contribution < -0.4 is 5.14 Å². The van der Waals surface area contributed by atoms with Crippen molar-refractivity contribution in [3.05, 3.63) is 0 Å². The molecule has 0 saturated heterocycles. The summed E-state index contributed by atoms with van der Waals surface area (Å²) in [4.78, 5) is 10.6. The molecule has 0 aliphatic heterocycles. The van der Waals surface area contributed by atoms with Gasteiger partial charge in [0.25, 0.3) is 0 Å². The second kappa shape index (κ2) is 4.40. The van der Waals surface area contributed by atoms with Crippen LogP contribution in [0.4, 0.5) is 0 Å². The van der Waals surface area contributed by atoms with E-state index in [1.165, 1.54) is 7.11 Å². The van der Waals surface area contributed by atoms with E-state index in [1.807, 2.05) is 0 Å². The fraction of sp³-hybridized carbons (Fsp3) is 0.800. The van der Waals surface area contributed by atoms with Crippen molar-refractivity contribution in [3.8, 4) is 0 Å². The summed E-state index contributed by atoms with van der Waals surface area (Å²) in [5.74, 6) is -0.596. The third-order valence-corrected chi connectivity index (χ3v) is 1.85. The van der Waals surface area contributed by atoms with E-state index in [0.717, 1.165) is 0 Å². The molecule has 10 heavy (non-hydrogen) atoms. The van der Waals surface area contributed by atoms with Crippen LogP contribution in [0.2, 0.25) is 0 Å². The summed E-state index contributed by atoms with van der Waals surface area (Å²) in [5, 5.41) is 4.95. The summed E-state index contributed by atoms with van der Waals surface area (Å²) < 4.78 is 14.7. The van der Waals surface area contributed by atoms with Gasteiger partial charge in [-0.05, 0) is 0 Å². The standard InChI is InChI=1S/C5H11NO3S/c1-4(3-10(6)8)5(7)9-2/h4H,3,6H2,1-2H3. The monoisotopic (exact) mass is 165 g/mol. The van der Waals surface area contributed by atoms with Crippen LogP contribution in [0.25, 0.3) is 0 Å². The molecular weight excluding hydrogens is 154 g/mol. The molecule has 60 valence electrons. The fourth-order valence-electron chi connectivity index (χ4n) is 0.516. The summed E-state index contributed by atoms with van der Waals surface area (Å²) in [6.07, 6.45) is 0. The van der Waals surface area contributed by atoms with Crippen LogP contribution in [0.5, 0.6) is 0 Å². The Balaban J connectivity index is 3.72. The number of nitrogens with two attached hydrogens (primary N) is 1. The molecule has 0 rings (SSSR count). The minimum atomic E-state index is -1.42. The minimum absolute atomic E-state index is 0.159. The van der Waals surface area contributed by atoms with E-state index in [4.69, 9.17) is 5.14 Å². The lowest BCUT2D eigenvalue weighted by atomic mass is 10.2. The van der Waals surface area contributed by atoms with E-state index >= 15 is 0 Å². The van der Waals surface area contributed by atoms with Crippen molar-refractivity contribution < 1.29 is 13.7 Å². The van der Waals surface area contributed by atoms with Crippen LogP contribution in [0, 0.1) is 5.92 Å². The summed E-state index contributed by atoms with van der Waals surface area (Å²) in [7, 11) is -0.129. The molecule has 0 heterocycles. The highest BCUT2D eigenvalue weighted by Crippen LogP contribution is 1.97. The zero-order valence-electron chi connectivity index (χ0n) is 5.99. The molecule has 0 aromatic rings.